The monoisotopic (exact) mass is 227 g/mol. The molecule has 0 aliphatic heterocycles. The Morgan fingerprint density at radius 1 is 1.38 bits per heavy atom. The molecule has 2 rings (SSSR count). The molecule has 0 N–H and O–H groups in total. The Labute approximate surface area is 89.9 Å². The van der Waals surface area contributed by atoms with Gasteiger partial charge in [0.1, 0.15) is 0 Å². The lowest BCUT2D eigenvalue weighted by Crippen LogP contribution is -1.69. The van der Waals surface area contributed by atoms with E-state index < -0.39 is 0 Å². The molecule has 0 radical (unpaired) electrons. The molecule has 0 fully saturated rings. The molecule has 68 valence electrons. The van der Waals surface area contributed by atoms with Crippen LogP contribution >= 0.6 is 34.9 Å². The molecule has 1 aromatic heterocycles. The zero-order valence-corrected chi connectivity index (χ0v) is 9.64. The third kappa shape index (κ3) is 2.18. The van der Waals surface area contributed by atoms with Gasteiger partial charge < -0.3 is 0 Å². The summed E-state index contributed by atoms with van der Waals surface area (Å²) in [7, 11) is 0. The standard InChI is InChI=1S/C9H9NS3/c1-11-6-12-9-10-7-4-2-3-5-8(7)13-9/h2-5H,6H2,1H3. The molecular formula is C9H9NS3. The number of fused-ring (bicyclic) bond motifs is 1. The first-order chi connectivity index (χ1) is 6.40. The fourth-order valence-electron chi connectivity index (χ4n) is 1.02. The highest BCUT2D eigenvalue weighted by molar-refractivity contribution is 8.16. The van der Waals surface area contributed by atoms with Crippen LogP contribution in [0.5, 0.6) is 0 Å². The fraction of sp³-hybridized carbons (Fsp3) is 0.222. The van der Waals surface area contributed by atoms with Gasteiger partial charge in [0.05, 0.1) is 10.2 Å². The van der Waals surface area contributed by atoms with Crippen molar-refractivity contribution in [3.05, 3.63) is 24.3 Å². The lowest BCUT2D eigenvalue weighted by molar-refractivity contribution is 1.31. The molecule has 2 aromatic rings. The molecule has 0 saturated carbocycles. The number of hydrogen-bond acceptors (Lipinski definition) is 4. The smallest absolute Gasteiger partial charge is 0.151 e. The summed E-state index contributed by atoms with van der Waals surface area (Å²) in [6.45, 7) is 0. The maximum atomic E-state index is 4.52. The molecule has 4 heteroatoms. The summed E-state index contributed by atoms with van der Waals surface area (Å²) < 4.78 is 2.46. The molecule has 1 aromatic carbocycles. The minimum Gasteiger partial charge on any atom is -0.230 e. The third-order valence-electron chi connectivity index (χ3n) is 1.57. The lowest BCUT2D eigenvalue weighted by atomic mass is 10.3. The first-order valence-electron chi connectivity index (χ1n) is 3.87. The summed E-state index contributed by atoms with van der Waals surface area (Å²) in [4.78, 5) is 4.52. The van der Waals surface area contributed by atoms with Crippen molar-refractivity contribution in [3.63, 3.8) is 0 Å². The van der Waals surface area contributed by atoms with Gasteiger partial charge in [-0.05, 0) is 18.4 Å². The van der Waals surface area contributed by atoms with E-state index in [-0.39, 0.29) is 0 Å². The van der Waals surface area contributed by atoms with E-state index in [1.807, 2.05) is 29.6 Å². The van der Waals surface area contributed by atoms with E-state index in [2.05, 4.69) is 29.4 Å². The van der Waals surface area contributed by atoms with Crippen molar-refractivity contribution in [2.24, 2.45) is 0 Å². The van der Waals surface area contributed by atoms with Crippen molar-refractivity contribution in [3.8, 4) is 0 Å². The number of thiazole rings is 1. The molecule has 0 aliphatic carbocycles. The summed E-state index contributed by atoms with van der Waals surface area (Å²) in [5, 5.41) is 1.08. The van der Waals surface area contributed by atoms with E-state index in [1.54, 1.807) is 11.3 Å². The van der Waals surface area contributed by atoms with Crippen LogP contribution in [0.25, 0.3) is 10.2 Å². The van der Waals surface area contributed by atoms with E-state index >= 15 is 0 Å². The molecule has 0 amide bonds. The van der Waals surface area contributed by atoms with Crippen LogP contribution in [0, 0.1) is 0 Å². The van der Waals surface area contributed by atoms with Crippen molar-refractivity contribution < 1.29 is 0 Å². The molecule has 0 aliphatic rings. The van der Waals surface area contributed by atoms with Crippen LogP contribution in [-0.2, 0) is 0 Å². The van der Waals surface area contributed by atoms with E-state index in [9.17, 15) is 0 Å². The normalized spacial score (nSPS) is 10.8. The predicted octanol–water partition coefficient (Wildman–Crippen LogP) is 3.71. The first-order valence-corrected chi connectivity index (χ1v) is 7.07. The summed E-state index contributed by atoms with van der Waals surface area (Å²) in [6, 6.07) is 8.28. The van der Waals surface area contributed by atoms with Crippen molar-refractivity contribution >= 4 is 45.1 Å². The van der Waals surface area contributed by atoms with Crippen LogP contribution in [0.15, 0.2) is 28.6 Å². The second-order valence-electron chi connectivity index (χ2n) is 2.50. The molecule has 0 atom stereocenters. The lowest BCUT2D eigenvalue weighted by Gasteiger charge is -1.89. The van der Waals surface area contributed by atoms with Crippen molar-refractivity contribution in [2.75, 3.05) is 11.3 Å². The molecule has 0 spiro atoms. The summed E-state index contributed by atoms with van der Waals surface area (Å²) in [5.74, 6) is 0. The quantitative estimate of drug-likeness (QED) is 0.586. The average Bonchev–Trinajstić information content (AvgIpc) is 2.57. The van der Waals surface area contributed by atoms with Crippen LogP contribution in [0.4, 0.5) is 0 Å². The number of rotatable bonds is 3. The van der Waals surface area contributed by atoms with Crippen LogP contribution < -0.4 is 0 Å². The number of thioether (sulfide) groups is 2. The summed E-state index contributed by atoms with van der Waals surface area (Å²) in [5.41, 5.74) is 1.12. The minimum atomic E-state index is 1.08. The Kier molecular flexibility index (Phi) is 3.14. The van der Waals surface area contributed by atoms with Gasteiger partial charge in [-0.25, -0.2) is 4.98 Å². The third-order valence-corrected chi connectivity index (χ3v) is 4.76. The SMILES string of the molecule is CSCSc1nc2ccccc2s1. The van der Waals surface area contributed by atoms with E-state index in [0.717, 1.165) is 10.6 Å². The minimum absolute atomic E-state index is 1.08. The predicted molar refractivity (Wildman–Crippen MR) is 63.9 cm³/mol. The van der Waals surface area contributed by atoms with Gasteiger partial charge in [-0.1, -0.05) is 23.9 Å². The van der Waals surface area contributed by atoms with Gasteiger partial charge >= 0.3 is 0 Å². The molecule has 1 heterocycles. The Bertz CT molecular complexity index is 363. The second-order valence-corrected chi connectivity index (χ2v) is 5.98. The highest BCUT2D eigenvalue weighted by Gasteiger charge is 2.01. The highest BCUT2D eigenvalue weighted by atomic mass is 32.2. The van der Waals surface area contributed by atoms with Crippen LogP contribution in [0.3, 0.4) is 0 Å². The Morgan fingerprint density at radius 3 is 3.00 bits per heavy atom. The maximum absolute atomic E-state index is 4.52. The molecule has 1 nitrogen and oxygen atoms in total. The molecule has 13 heavy (non-hydrogen) atoms. The van der Waals surface area contributed by atoms with E-state index in [1.165, 1.54) is 9.04 Å². The Balaban J connectivity index is 2.28. The van der Waals surface area contributed by atoms with Gasteiger partial charge in [-0.2, -0.15) is 11.8 Å². The number of nitrogens with zero attached hydrogens (tertiary/aromatic N) is 1. The molecule has 0 saturated heterocycles. The van der Waals surface area contributed by atoms with Gasteiger partial charge in [-0.15, -0.1) is 11.3 Å². The van der Waals surface area contributed by atoms with Crippen molar-refractivity contribution in [2.45, 2.75) is 4.34 Å². The molecule has 0 bridgehead atoms. The second kappa shape index (κ2) is 4.35. The highest BCUT2D eigenvalue weighted by Crippen LogP contribution is 2.30. The van der Waals surface area contributed by atoms with Gasteiger partial charge in [-0.3, -0.25) is 0 Å². The summed E-state index contributed by atoms with van der Waals surface area (Å²) >= 11 is 5.43. The zero-order valence-electron chi connectivity index (χ0n) is 7.19. The van der Waals surface area contributed by atoms with E-state index in [0.29, 0.717) is 0 Å². The summed E-state index contributed by atoms with van der Waals surface area (Å²) in [6.07, 6.45) is 2.11. The Hall–Kier alpha value is -0.190. The average molecular weight is 227 g/mol. The molecular weight excluding hydrogens is 218 g/mol. The van der Waals surface area contributed by atoms with E-state index in [4.69, 9.17) is 0 Å². The van der Waals surface area contributed by atoms with Crippen molar-refractivity contribution in [1.29, 1.82) is 0 Å². The van der Waals surface area contributed by atoms with Crippen LogP contribution in [-0.4, -0.2) is 16.3 Å². The molecule has 0 unspecified atom stereocenters. The zero-order chi connectivity index (χ0) is 9.10. The maximum Gasteiger partial charge on any atom is 0.151 e. The number of hydrogen-bond donors (Lipinski definition) is 0. The van der Waals surface area contributed by atoms with Crippen molar-refractivity contribution in [1.82, 2.24) is 4.98 Å². The fourth-order valence-corrected chi connectivity index (χ4v) is 3.69. The number of aromatic nitrogens is 1. The van der Waals surface area contributed by atoms with Gasteiger partial charge in [0, 0.05) is 5.08 Å². The van der Waals surface area contributed by atoms with Crippen LogP contribution in [0.1, 0.15) is 0 Å². The van der Waals surface area contributed by atoms with Gasteiger partial charge in [0.15, 0.2) is 4.34 Å². The first kappa shape index (κ1) is 9.37. The topological polar surface area (TPSA) is 12.9 Å². The number of para-hydroxylation sites is 1. The number of benzene rings is 1. The van der Waals surface area contributed by atoms with Gasteiger partial charge in [0.2, 0.25) is 0 Å². The Morgan fingerprint density at radius 2 is 2.23 bits per heavy atom. The van der Waals surface area contributed by atoms with Gasteiger partial charge in [0.25, 0.3) is 0 Å². The van der Waals surface area contributed by atoms with Crippen LogP contribution in [0.2, 0.25) is 0 Å². The largest absolute Gasteiger partial charge is 0.230 e.